The van der Waals surface area contributed by atoms with E-state index in [2.05, 4.69) is 10.6 Å². The molecule has 110 valence electrons. The summed E-state index contributed by atoms with van der Waals surface area (Å²) in [6.07, 6.45) is 3.94. The Morgan fingerprint density at radius 2 is 1.90 bits per heavy atom. The Morgan fingerprint density at radius 1 is 1.25 bits per heavy atom. The number of hydrogen-bond acceptors (Lipinski definition) is 4. The summed E-state index contributed by atoms with van der Waals surface area (Å²) < 4.78 is 0. The van der Waals surface area contributed by atoms with Gasteiger partial charge in [0, 0.05) is 0 Å². The highest BCUT2D eigenvalue weighted by molar-refractivity contribution is 6.09. The molecule has 0 aromatic rings. The van der Waals surface area contributed by atoms with Crippen molar-refractivity contribution >= 4 is 23.8 Å². The van der Waals surface area contributed by atoms with E-state index in [9.17, 15) is 19.2 Å². The number of carbonyl (C=O) groups excluding carboxylic acids is 3. The van der Waals surface area contributed by atoms with E-state index < -0.39 is 36.5 Å². The predicted molar refractivity (Wildman–Crippen MR) is 66.7 cm³/mol. The van der Waals surface area contributed by atoms with Crippen LogP contribution in [0.15, 0.2) is 0 Å². The van der Waals surface area contributed by atoms with Gasteiger partial charge < -0.3 is 15.7 Å². The first-order chi connectivity index (χ1) is 9.44. The van der Waals surface area contributed by atoms with Crippen LogP contribution in [0.2, 0.25) is 0 Å². The van der Waals surface area contributed by atoms with Crippen LogP contribution in [0.5, 0.6) is 0 Å². The Labute approximate surface area is 115 Å². The van der Waals surface area contributed by atoms with E-state index >= 15 is 0 Å². The van der Waals surface area contributed by atoms with Crippen molar-refractivity contribution in [3.8, 4) is 0 Å². The van der Waals surface area contributed by atoms with E-state index in [1.54, 1.807) is 0 Å². The highest BCUT2D eigenvalue weighted by Crippen LogP contribution is 2.33. The average molecular weight is 283 g/mol. The molecule has 0 aromatic heterocycles. The number of imide groups is 1. The molecule has 0 bridgehead atoms. The molecule has 1 saturated carbocycles. The highest BCUT2D eigenvalue weighted by Gasteiger charge is 2.51. The van der Waals surface area contributed by atoms with Gasteiger partial charge in [-0.05, 0) is 12.8 Å². The van der Waals surface area contributed by atoms with Gasteiger partial charge in [0.15, 0.2) is 0 Å². The Bertz CT molecular complexity index is 456. The number of nitrogens with zero attached hydrogens (tertiary/aromatic N) is 1. The van der Waals surface area contributed by atoms with Crippen molar-refractivity contribution in [2.45, 2.75) is 37.6 Å². The lowest BCUT2D eigenvalue weighted by molar-refractivity contribution is -0.138. The quantitative estimate of drug-likeness (QED) is 0.598. The van der Waals surface area contributed by atoms with E-state index in [0.717, 1.165) is 24.2 Å². The van der Waals surface area contributed by atoms with Crippen LogP contribution in [0.4, 0.5) is 4.79 Å². The molecule has 0 radical (unpaired) electrons. The lowest BCUT2D eigenvalue weighted by Gasteiger charge is -2.30. The number of carbonyl (C=O) groups is 4. The highest BCUT2D eigenvalue weighted by atomic mass is 16.4. The predicted octanol–water partition coefficient (Wildman–Crippen LogP) is -0.558. The summed E-state index contributed by atoms with van der Waals surface area (Å²) in [4.78, 5) is 46.9. The second-order valence-corrected chi connectivity index (χ2v) is 5.13. The van der Waals surface area contributed by atoms with E-state index in [0.29, 0.717) is 12.8 Å². The molecule has 2 aliphatic rings. The third-order valence-electron chi connectivity index (χ3n) is 3.69. The largest absolute Gasteiger partial charge is 0.480 e. The van der Waals surface area contributed by atoms with Crippen molar-refractivity contribution in [1.29, 1.82) is 0 Å². The van der Waals surface area contributed by atoms with Crippen molar-refractivity contribution < 1.29 is 24.3 Å². The van der Waals surface area contributed by atoms with Gasteiger partial charge in [-0.1, -0.05) is 19.3 Å². The van der Waals surface area contributed by atoms with E-state index in [1.807, 2.05) is 0 Å². The number of carboxylic acid groups (broad SMARTS) is 1. The number of hydrogen-bond donors (Lipinski definition) is 3. The lowest BCUT2D eigenvalue weighted by Crippen LogP contribution is -2.49. The Balaban J connectivity index is 1.98. The summed E-state index contributed by atoms with van der Waals surface area (Å²) in [5.74, 6) is -2.23. The number of amides is 4. The first kappa shape index (κ1) is 14.3. The number of aliphatic carboxylic acids is 1. The second-order valence-electron chi connectivity index (χ2n) is 5.13. The molecule has 2 rings (SSSR count). The van der Waals surface area contributed by atoms with Crippen molar-refractivity contribution in [2.24, 2.45) is 0 Å². The third-order valence-corrected chi connectivity index (χ3v) is 3.69. The summed E-state index contributed by atoms with van der Waals surface area (Å²) in [6.45, 7) is -0.979. The molecule has 0 atom stereocenters. The molecule has 1 aliphatic heterocycles. The van der Waals surface area contributed by atoms with Crippen LogP contribution in [0, 0.1) is 0 Å². The number of nitrogens with one attached hydrogen (secondary N) is 2. The Hall–Kier alpha value is -2.12. The molecule has 20 heavy (non-hydrogen) atoms. The summed E-state index contributed by atoms with van der Waals surface area (Å²) in [6, 6.07) is -0.581. The van der Waals surface area contributed by atoms with Gasteiger partial charge in [-0.3, -0.25) is 19.3 Å². The monoisotopic (exact) mass is 283 g/mol. The van der Waals surface area contributed by atoms with Gasteiger partial charge in [0.25, 0.3) is 5.91 Å². The van der Waals surface area contributed by atoms with Crippen molar-refractivity contribution in [1.82, 2.24) is 15.5 Å². The van der Waals surface area contributed by atoms with Gasteiger partial charge in [-0.15, -0.1) is 0 Å². The van der Waals surface area contributed by atoms with Gasteiger partial charge in [-0.2, -0.15) is 0 Å². The van der Waals surface area contributed by atoms with E-state index in [4.69, 9.17) is 5.11 Å². The SMILES string of the molecule is O=C(O)CNC(=O)CN1C(=O)NC2(CCCCC2)C1=O. The Morgan fingerprint density at radius 3 is 2.50 bits per heavy atom. The minimum absolute atomic E-state index is 0.382. The van der Waals surface area contributed by atoms with Crippen LogP contribution in [0.3, 0.4) is 0 Å². The van der Waals surface area contributed by atoms with Crippen LogP contribution < -0.4 is 10.6 Å². The smallest absolute Gasteiger partial charge is 0.325 e. The van der Waals surface area contributed by atoms with Crippen LogP contribution in [0.1, 0.15) is 32.1 Å². The summed E-state index contributed by atoms with van der Waals surface area (Å²) >= 11 is 0. The molecule has 8 nitrogen and oxygen atoms in total. The summed E-state index contributed by atoms with van der Waals surface area (Å²) in [5, 5.41) is 13.3. The summed E-state index contributed by atoms with van der Waals surface area (Å²) in [7, 11) is 0. The zero-order valence-electron chi connectivity index (χ0n) is 11.0. The van der Waals surface area contributed by atoms with Crippen LogP contribution in [-0.4, -0.2) is 52.4 Å². The molecule has 1 aliphatic carbocycles. The maximum atomic E-state index is 12.3. The van der Waals surface area contributed by atoms with Crippen LogP contribution in [-0.2, 0) is 14.4 Å². The zero-order valence-corrected chi connectivity index (χ0v) is 11.0. The minimum Gasteiger partial charge on any atom is -0.480 e. The number of rotatable bonds is 4. The van der Waals surface area contributed by atoms with Crippen molar-refractivity contribution in [2.75, 3.05) is 13.1 Å². The van der Waals surface area contributed by atoms with Gasteiger partial charge >= 0.3 is 12.0 Å². The third kappa shape index (κ3) is 2.73. The van der Waals surface area contributed by atoms with Crippen LogP contribution >= 0.6 is 0 Å². The van der Waals surface area contributed by atoms with Crippen molar-refractivity contribution in [3.05, 3.63) is 0 Å². The van der Waals surface area contributed by atoms with Crippen LogP contribution in [0.25, 0.3) is 0 Å². The molecule has 2 fully saturated rings. The normalized spacial score (nSPS) is 20.9. The standard InChI is InChI=1S/C12H17N3O5/c16-8(13-6-9(17)18)7-15-10(19)12(14-11(15)20)4-2-1-3-5-12/h1-7H2,(H,13,16)(H,14,20)(H,17,18). The van der Waals surface area contributed by atoms with Crippen molar-refractivity contribution in [3.63, 3.8) is 0 Å². The first-order valence-corrected chi connectivity index (χ1v) is 6.57. The lowest BCUT2D eigenvalue weighted by atomic mass is 9.82. The fourth-order valence-electron chi connectivity index (χ4n) is 2.69. The van der Waals surface area contributed by atoms with E-state index in [1.165, 1.54) is 0 Å². The molecule has 0 aromatic carbocycles. The van der Waals surface area contributed by atoms with Gasteiger partial charge in [0.1, 0.15) is 18.6 Å². The van der Waals surface area contributed by atoms with Gasteiger partial charge in [-0.25, -0.2) is 4.79 Å². The molecule has 3 N–H and O–H groups in total. The fourth-order valence-corrected chi connectivity index (χ4v) is 2.69. The molecule has 4 amide bonds. The second kappa shape index (κ2) is 5.48. The molecule has 8 heteroatoms. The molecule has 1 saturated heterocycles. The van der Waals surface area contributed by atoms with Gasteiger partial charge in [0.2, 0.25) is 5.91 Å². The maximum absolute atomic E-state index is 12.3. The Kier molecular flexibility index (Phi) is 3.91. The zero-order chi connectivity index (χ0) is 14.8. The average Bonchev–Trinajstić information content (AvgIpc) is 2.62. The fraction of sp³-hybridized carbons (Fsp3) is 0.667. The number of urea groups is 1. The first-order valence-electron chi connectivity index (χ1n) is 6.57. The maximum Gasteiger partial charge on any atom is 0.325 e. The molecule has 1 spiro atoms. The topological polar surface area (TPSA) is 116 Å². The minimum atomic E-state index is -1.18. The molecular formula is C12H17N3O5. The molecule has 0 unspecified atom stereocenters. The van der Waals surface area contributed by atoms with E-state index in [-0.39, 0.29) is 5.91 Å². The molecular weight excluding hydrogens is 266 g/mol. The summed E-state index contributed by atoms with van der Waals surface area (Å²) in [5.41, 5.74) is -0.859. The number of carboxylic acids is 1. The molecule has 1 heterocycles. The van der Waals surface area contributed by atoms with Gasteiger partial charge in [0.05, 0.1) is 0 Å².